The van der Waals surface area contributed by atoms with Gasteiger partial charge in [-0.2, -0.15) is 0 Å². The summed E-state index contributed by atoms with van der Waals surface area (Å²) in [6.07, 6.45) is 1.88. The molecule has 0 N–H and O–H groups in total. The van der Waals surface area contributed by atoms with Crippen molar-refractivity contribution in [3.63, 3.8) is 0 Å². The van der Waals surface area contributed by atoms with Crippen LogP contribution in [0.5, 0.6) is 0 Å². The minimum absolute atomic E-state index is 0.000741. The number of hydrogen-bond donors (Lipinski definition) is 0. The van der Waals surface area contributed by atoms with Crippen molar-refractivity contribution in [2.45, 2.75) is 32.7 Å². The molecule has 1 amide bonds. The highest BCUT2D eigenvalue weighted by molar-refractivity contribution is 6.30. The van der Waals surface area contributed by atoms with Gasteiger partial charge in [0.05, 0.1) is 11.1 Å². The number of pyridine rings is 1. The van der Waals surface area contributed by atoms with Crippen LogP contribution in [0.4, 0.5) is 0 Å². The first-order valence-corrected chi connectivity index (χ1v) is 7.28. The van der Waals surface area contributed by atoms with Gasteiger partial charge in [-0.3, -0.25) is 4.79 Å². The molecule has 1 aromatic heterocycles. The van der Waals surface area contributed by atoms with Gasteiger partial charge in [0.1, 0.15) is 5.15 Å². The molecule has 1 heterocycles. The zero-order valence-corrected chi connectivity index (χ0v) is 12.8. The molecule has 0 unspecified atom stereocenters. The summed E-state index contributed by atoms with van der Waals surface area (Å²) in [5.41, 5.74) is 1.37. The van der Waals surface area contributed by atoms with Crippen LogP contribution in [0, 0.1) is 0 Å². The largest absolute Gasteiger partial charge is 0.339 e. The van der Waals surface area contributed by atoms with Gasteiger partial charge < -0.3 is 4.90 Å². The van der Waals surface area contributed by atoms with Crippen molar-refractivity contribution >= 4 is 28.4 Å². The summed E-state index contributed by atoms with van der Waals surface area (Å²) < 4.78 is 0. The molecule has 2 aromatic rings. The topological polar surface area (TPSA) is 33.2 Å². The number of fused-ring (bicyclic) bond motifs is 1. The molecule has 0 atom stereocenters. The maximum atomic E-state index is 12.7. The molecule has 0 bridgehead atoms. The summed E-state index contributed by atoms with van der Waals surface area (Å²) in [6, 6.07) is 9.48. The molecule has 0 spiro atoms. The lowest BCUT2D eigenvalue weighted by atomic mass is 10.1. The number of aromatic nitrogens is 1. The summed E-state index contributed by atoms with van der Waals surface area (Å²) >= 11 is 6.04. The second-order valence-electron chi connectivity index (χ2n) is 4.90. The van der Waals surface area contributed by atoms with Gasteiger partial charge in [-0.1, -0.05) is 43.6 Å². The SMILES string of the molecule is CCC(CC)N(C)C(=O)c1cc(Cl)nc2ccccc12. The van der Waals surface area contributed by atoms with Crippen molar-refractivity contribution in [3.05, 3.63) is 41.0 Å². The van der Waals surface area contributed by atoms with Crippen molar-refractivity contribution in [3.8, 4) is 0 Å². The van der Waals surface area contributed by atoms with E-state index >= 15 is 0 Å². The zero-order valence-electron chi connectivity index (χ0n) is 12.1. The number of nitrogens with zero attached hydrogens (tertiary/aromatic N) is 2. The molecule has 106 valence electrons. The molecule has 0 saturated carbocycles. The van der Waals surface area contributed by atoms with Gasteiger partial charge in [-0.25, -0.2) is 4.98 Å². The number of amides is 1. The van der Waals surface area contributed by atoms with Crippen LogP contribution in [-0.2, 0) is 0 Å². The zero-order chi connectivity index (χ0) is 14.7. The van der Waals surface area contributed by atoms with E-state index < -0.39 is 0 Å². The summed E-state index contributed by atoms with van der Waals surface area (Å²) in [7, 11) is 1.85. The molecule has 4 heteroatoms. The van der Waals surface area contributed by atoms with Crippen LogP contribution in [0.2, 0.25) is 5.15 Å². The number of rotatable bonds is 4. The molecule has 0 fully saturated rings. The smallest absolute Gasteiger partial charge is 0.254 e. The third kappa shape index (κ3) is 2.78. The van der Waals surface area contributed by atoms with Crippen LogP contribution in [0.3, 0.4) is 0 Å². The first-order chi connectivity index (χ1) is 9.58. The van der Waals surface area contributed by atoms with Crippen molar-refractivity contribution in [1.29, 1.82) is 0 Å². The van der Waals surface area contributed by atoms with E-state index in [-0.39, 0.29) is 11.9 Å². The van der Waals surface area contributed by atoms with E-state index in [2.05, 4.69) is 18.8 Å². The van der Waals surface area contributed by atoms with Crippen molar-refractivity contribution < 1.29 is 4.79 Å². The molecule has 0 radical (unpaired) electrons. The van der Waals surface area contributed by atoms with Crippen LogP contribution in [0.25, 0.3) is 10.9 Å². The Morgan fingerprint density at radius 3 is 2.60 bits per heavy atom. The van der Waals surface area contributed by atoms with Gasteiger partial charge in [0.2, 0.25) is 0 Å². The maximum absolute atomic E-state index is 12.7. The third-order valence-electron chi connectivity index (χ3n) is 3.73. The van der Waals surface area contributed by atoms with E-state index in [1.54, 1.807) is 11.0 Å². The Labute approximate surface area is 124 Å². The number of hydrogen-bond acceptors (Lipinski definition) is 2. The van der Waals surface area contributed by atoms with Crippen molar-refractivity contribution in [2.24, 2.45) is 0 Å². The quantitative estimate of drug-likeness (QED) is 0.793. The minimum atomic E-state index is -0.000741. The summed E-state index contributed by atoms with van der Waals surface area (Å²) in [5.74, 6) is -0.000741. The number of carbonyl (C=O) groups excluding carboxylic acids is 1. The highest BCUT2D eigenvalue weighted by atomic mass is 35.5. The van der Waals surface area contributed by atoms with E-state index in [0.29, 0.717) is 10.7 Å². The van der Waals surface area contributed by atoms with Crippen LogP contribution >= 0.6 is 11.6 Å². The number of para-hydroxylation sites is 1. The minimum Gasteiger partial charge on any atom is -0.339 e. The van der Waals surface area contributed by atoms with Gasteiger partial charge >= 0.3 is 0 Å². The second kappa shape index (κ2) is 6.23. The van der Waals surface area contributed by atoms with Gasteiger partial charge in [-0.05, 0) is 25.0 Å². The summed E-state index contributed by atoms with van der Waals surface area (Å²) in [5, 5.41) is 1.20. The third-order valence-corrected chi connectivity index (χ3v) is 3.92. The van der Waals surface area contributed by atoms with Gasteiger partial charge in [0, 0.05) is 18.5 Å². The second-order valence-corrected chi connectivity index (χ2v) is 5.28. The van der Waals surface area contributed by atoms with E-state index in [0.717, 1.165) is 23.7 Å². The molecule has 0 aliphatic carbocycles. The standard InChI is InChI=1S/C16H19ClN2O/c1-4-11(5-2)19(3)16(20)13-10-15(17)18-14-9-7-6-8-12(13)14/h6-11H,4-5H2,1-3H3. The van der Waals surface area contributed by atoms with Crippen LogP contribution < -0.4 is 0 Å². The van der Waals surface area contributed by atoms with Crippen LogP contribution in [-0.4, -0.2) is 28.9 Å². The molecule has 1 aromatic carbocycles. The number of carbonyl (C=O) groups is 1. The normalized spacial score (nSPS) is 11.1. The lowest BCUT2D eigenvalue weighted by Crippen LogP contribution is -2.36. The van der Waals surface area contributed by atoms with Crippen molar-refractivity contribution in [2.75, 3.05) is 7.05 Å². The Balaban J connectivity index is 2.49. The summed E-state index contributed by atoms with van der Waals surface area (Å²) in [4.78, 5) is 18.8. The fourth-order valence-corrected chi connectivity index (χ4v) is 2.71. The van der Waals surface area contributed by atoms with E-state index in [1.165, 1.54) is 0 Å². The molecular formula is C16H19ClN2O. The molecule has 20 heavy (non-hydrogen) atoms. The summed E-state index contributed by atoms with van der Waals surface area (Å²) in [6.45, 7) is 4.19. The fraction of sp³-hybridized carbons (Fsp3) is 0.375. The molecular weight excluding hydrogens is 272 g/mol. The Hall–Kier alpha value is -1.61. The Kier molecular flexibility index (Phi) is 4.61. The number of benzene rings is 1. The highest BCUT2D eigenvalue weighted by Gasteiger charge is 2.20. The van der Waals surface area contributed by atoms with E-state index in [4.69, 9.17) is 11.6 Å². The Bertz CT molecular complexity index is 623. The Morgan fingerprint density at radius 2 is 1.95 bits per heavy atom. The number of halogens is 1. The first-order valence-electron chi connectivity index (χ1n) is 6.90. The van der Waals surface area contributed by atoms with E-state index in [9.17, 15) is 4.79 Å². The molecule has 3 nitrogen and oxygen atoms in total. The average Bonchev–Trinajstić information content (AvgIpc) is 2.46. The van der Waals surface area contributed by atoms with Gasteiger partial charge in [0.15, 0.2) is 0 Å². The molecule has 0 saturated heterocycles. The predicted octanol–water partition coefficient (Wildman–Crippen LogP) is 4.15. The molecule has 0 aliphatic heterocycles. The van der Waals surface area contributed by atoms with Gasteiger partial charge in [-0.15, -0.1) is 0 Å². The fourth-order valence-electron chi connectivity index (χ4n) is 2.51. The lowest BCUT2D eigenvalue weighted by molar-refractivity contribution is 0.0725. The van der Waals surface area contributed by atoms with Crippen LogP contribution in [0.1, 0.15) is 37.0 Å². The van der Waals surface area contributed by atoms with Gasteiger partial charge in [0.25, 0.3) is 5.91 Å². The average molecular weight is 291 g/mol. The van der Waals surface area contributed by atoms with Crippen LogP contribution in [0.15, 0.2) is 30.3 Å². The first kappa shape index (κ1) is 14.8. The Morgan fingerprint density at radius 1 is 1.30 bits per heavy atom. The monoisotopic (exact) mass is 290 g/mol. The van der Waals surface area contributed by atoms with E-state index in [1.807, 2.05) is 31.3 Å². The molecule has 0 aliphatic rings. The lowest BCUT2D eigenvalue weighted by Gasteiger charge is -2.26. The van der Waals surface area contributed by atoms with Crippen molar-refractivity contribution in [1.82, 2.24) is 9.88 Å². The maximum Gasteiger partial charge on any atom is 0.254 e. The molecule has 2 rings (SSSR count). The predicted molar refractivity (Wildman–Crippen MR) is 83.2 cm³/mol. The highest BCUT2D eigenvalue weighted by Crippen LogP contribution is 2.23.